The fourth-order valence-electron chi connectivity index (χ4n) is 2.80. The minimum absolute atomic E-state index is 0.259. The van der Waals surface area contributed by atoms with Crippen molar-refractivity contribution in [3.05, 3.63) is 0 Å². The summed E-state index contributed by atoms with van der Waals surface area (Å²) in [4.78, 5) is 13.9. The average Bonchev–Trinajstić information content (AvgIpc) is 2.31. The molecule has 0 radical (unpaired) electrons. The molecular weight excluding hydrogens is 226 g/mol. The summed E-state index contributed by atoms with van der Waals surface area (Å²) >= 11 is 0. The van der Waals surface area contributed by atoms with E-state index in [1.165, 1.54) is 19.4 Å². The Morgan fingerprint density at radius 1 is 1.50 bits per heavy atom. The van der Waals surface area contributed by atoms with Gasteiger partial charge in [0.1, 0.15) is 0 Å². The Kier molecular flexibility index (Phi) is 5.60. The van der Waals surface area contributed by atoms with Gasteiger partial charge in [-0.3, -0.25) is 4.79 Å². The van der Waals surface area contributed by atoms with E-state index >= 15 is 0 Å². The van der Waals surface area contributed by atoms with Crippen molar-refractivity contribution in [1.29, 1.82) is 0 Å². The number of rotatable bonds is 6. The number of hydrogen-bond acceptors (Lipinski definition) is 3. The largest absolute Gasteiger partial charge is 0.368 e. The Morgan fingerprint density at radius 3 is 2.67 bits per heavy atom. The summed E-state index contributed by atoms with van der Waals surface area (Å²) < 4.78 is 0. The van der Waals surface area contributed by atoms with Crippen molar-refractivity contribution in [2.24, 2.45) is 11.7 Å². The highest BCUT2D eigenvalue weighted by atomic mass is 16.1. The van der Waals surface area contributed by atoms with Crippen molar-refractivity contribution in [3.63, 3.8) is 0 Å². The van der Waals surface area contributed by atoms with Gasteiger partial charge in [0, 0.05) is 6.04 Å². The smallest absolute Gasteiger partial charge is 0.237 e. The van der Waals surface area contributed by atoms with Crippen LogP contribution in [0.1, 0.15) is 46.5 Å². The molecule has 0 aromatic carbocycles. The maximum Gasteiger partial charge on any atom is 0.237 e. The SMILES string of the molecule is CNC(C)(CCCN1CCC(C)CC1C)C(N)=O. The van der Waals surface area contributed by atoms with E-state index in [2.05, 4.69) is 24.1 Å². The average molecular weight is 255 g/mol. The first-order valence-corrected chi connectivity index (χ1v) is 7.12. The highest BCUT2D eigenvalue weighted by Crippen LogP contribution is 2.23. The zero-order chi connectivity index (χ0) is 13.8. The van der Waals surface area contributed by atoms with Crippen molar-refractivity contribution in [1.82, 2.24) is 10.2 Å². The van der Waals surface area contributed by atoms with Gasteiger partial charge in [0.2, 0.25) is 5.91 Å². The van der Waals surface area contributed by atoms with Crippen molar-refractivity contribution >= 4 is 5.91 Å². The minimum atomic E-state index is -0.563. The van der Waals surface area contributed by atoms with Crippen LogP contribution in [-0.2, 0) is 4.79 Å². The Balaban J connectivity index is 2.35. The summed E-state index contributed by atoms with van der Waals surface area (Å²) in [7, 11) is 1.80. The molecule has 3 atom stereocenters. The Labute approximate surface area is 111 Å². The van der Waals surface area contributed by atoms with E-state index in [1.54, 1.807) is 7.05 Å². The molecule has 0 aliphatic carbocycles. The molecule has 1 heterocycles. The lowest BCUT2D eigenvalue weighted by Gasteiger charge is -2.37. The predicted octanol–water partition coefficient (Wildman–Crippen LogP) is 1.35. The van der Waals surface area contributed by atoms with Gasteiger partial charge in [-0.15, -0.1) is 0 Å². The molecular formula is C14H29N3O. The van der Waals surface area contributed by atoms with E-state index in [1.807, 2.05) is 6.92 Å². The van der Waals surface area contributed by atoms with E-state index in [4.69, 9.17) is 5.73 Å². The van der Waals surface area contributed by atoms with Gasteiger partial charge < -0.3 is 16.0 Å². The molecule has 3 N–H and O–H groups in total. The fraction of sp³-hybridized carbons (Fsp3) is 0.929. The number of carbonyl (C=O) groups is 1. The second kappa shape index (κ2) is 6.53. The second-order valence-electron chi connectivity index (χ2n) is 6.06. The van der Waals surface area contributed by atoms with Crippen LogP contribution in [0.25, 0.3) is 0 Å². The number of amides is 1. The molecule has 1 aliphatic heterocycles. The van der Waals surface area contributed by atoms with E-state index in [9.17, 15) is 4.79 Å². The zero-order valence-electron chi connectivity index (χ0n) is 12.3. The molecule has 106 valence electrons. The molecule has 4 nitrogen and oxygen atoms in total. The van der Waals surface area contributed by atoms with Gasteiger partial charge in [0.05, 0.1) is 5.54 Å². The first kappa shape index (κ1) is 15.4. The fourth-order valence-corrected chi connectivity index (χ4v) is 2.80. The van der Waals surface area contributed by atoms with Gasteiger partial charge in [-0.05, 0) is 65.6 Å². The molecule has 0 saturated carbocycles. The highest BCUT2D eigenvalue weighted by molar-refractivity contribution is 5.84. The number of likely N-dealkylation sites (N-methyl/N-ethyl adjacent to an activating group) is 1. The van der Waals surface area contributed by atoms with Crippen LogP contribution in [0.4, 0.5) is 0 Å². The number of nitrogens with zero attached hydrogens (tertiary/aromatic N) is 1. The van der Waals surface area contributed by atoms with Crippen LogP contribution < -0.4 is 11.1 Å². The summed E-state index contributed by atoms with van der Waals surface area (Å²) in [6, 6.07) is 0.670. The first-order chi connectivity index (χ1) is 8.39. The molecule has 3 unspecified atom stereocenters. The van der Waals surface area contributed by atoms with Crippen molar-refractivity contribution in [3.8, 4) is 0 Å². The maximum atomic E-state index is 11.4. The van der Waals surface area contributed by atoms with Gasteiger partial charge in [-0.1, -0.05) is 6.92 Å². The first-order valence-electron chi connectivity index (χ1n) is 7.12. The van der Waals surface area contributed by atoms with Crippen molar-refractivity contribution in [2.75, 3.05) is 20.1 Å². The van der Waals surface area contributed by atoms with Gasteiger partial charge in [0.25, 0.3) is 0 Å². The lowest BCUT2D eigenvalue weighted by molar-refractivity contribution is -0.123. The van der Waals surface area contributed by atoms with Crippen molar-refractivity contribution < 1.29 is 4.79 Å². The van der Waals surface area contributed by atoms with Gasteiger partial charge >= 0.3 is 0 Å². The quantitative estimate of drug-likeness (QED) is 0.753. The van der Waals surface area contributed by atoms with Crippen LogP contribution in [0.3, 0.4) is 0 Å². The Hall–Kier alpha value is -0.610. The summed E-state index contributed by atoms with van der Waals surface area (Å²) in [6.07, 6.45) is 4.40. The van der Waals surface area contributed by atoms with Gasteiger partial charge in [-0.25, -0.2) is 0 Å². The van der Waals surface area contributed by atoms with Gasteiger partial charge in [0.15, 0.2) is 0 Å². The summed E-state index contributed by atoms with van der Waals surface area (Å²) in [5, 5.41) is 3.04. The van der Waals surface area contributed by atoms with E-state index in [0.717, 1.165) is 25.3 Å². The standard InChI is InChI=1S/C14H29N3O/c1-11-6-9-17(12(2)10-11)8-5-7-14(3,16-4)13(15)18/h11-12,16H,5-10H2,1-4H3,(H2,15,18). The highest BCUT2D eigenvalue weighted by Gasteiger charge is 2.29. The molecule has 0 spiro atoms. The van der Waals surface area contributed by atoms with Gasteiger partial charge in [-0.2, -0.15) is 0 Å². The topological polar surface area (TPSA) is 58.4 Å². The zero-order valence-corrected chi connectivity index (χ0v) is 12.3. The molecule has 4 heteroatoms. The maximum absolute atomic E-state index is 11.4. The molecule has 1 aliphatic rings. The van der Waals surface area contributed by atoms with Crippen LogP contribution in [0.15, 0.2) is 0 Å². The molecule has 0 aromatic rings. The monoisotopic (exact) mass is 255 g/mol. The number of nitrogens with one attached hydrogen (secondary N) is 1. The number of likely N-dealkylation sites (tertiary alicyclic amines) is 1. The van der Waals surface area contributed by atoms with Crippen LogP contribution in [0.2, 0.25) is 0 Å². The Morgan fingerprint density at radius 2 is 2.17 bits per heavy atom. The van der Waals surface area contributed by atoms with Crippen LogP contribution in [0.5, 0.6) is 0 Å². The third-order valence-electron chi connectivity index (χ3n) is 4.49. The molecule has 0 aromatic heterocycles. The minimum Gasteiger partial charge on any atom is -0.368 e. The molecule has 1 amide bonds. The lowest BCUT2D eigenvalue weighted by atomic mass is 9.91. The third kappa shape index (κ3) is 3.95. The third-order valence-corrected chi connectivity index (χ3v) is 4.49. The van der Waals surface area contributed by atoms with E-state index in [-0.39, 0.29) is 5.91 Å². The number of piperidine rings is 1. The lowest BCUT2D eigenvalue weighted by Crippen LogP contribution is -2.52. The summed E-state index contributed by atoms with van der Waals surface area (Å²) in [5.74, 6) is 0.592. The Bertz CT molecular complexity index is 282. The number of nitrogens with two attached hydrogens (primary N) is 1. The molecule has 0 bridgehead atoms. The van der Waals surface area contributed by atoms with Crippen LogP contribution >= 0.6 is 0 Å². The van der Waals surface area contributed by atoms with Crippen LogP contribution in [0, 0.1) is 5.92 Å². The second-order valence-corrected chi connectivity index (χ2v) is 6.06. The number of hydrogen-bond donors (Lipinski definition) is 2. The van der Waals surface area contributed by atoms with E-state index in [0.29, 0.717) is 6.04 Å². The predicted molar refractivity (Wildman–Crippen MR) is 75.3 cm³/mol. The van der Waals surface area contributed by atoms with Crippen molar-refractivity contribution in [2.45, 2.75) is 58.0 Å². The molecule has 1 rings (SSSR count). The molecule has 1 fully saturated rings. The molecule has 18 heavy (non-hydrogen) atoms. The van der Waals surface area contributed by atoms with E-state index < -0.39 is 5.54 Å². The number of carbonyl (C=O) groups excluding carboxylic acids is 1. The molecule has 1 saturated heterocycles. The van der Waals surface area contributed by atoms with Crippen LogP contribution in [-0.4, -0.2) is 42.5 Å². The summed E-state index contributed by atoms with van der Waals surface area (Å²) in [5.41, 5.74) is 4.87. The summed E-state index contributed by atoms with van der Waals surface area (Å²) in [6.45, 7) is 8.78. The normalized spacial score (nSPS) is 28.9. The number of primary amides is 1.